The highest BCUT2D eigenvalue weighted by atomic mass is 16.1. The number of ketones is 2. The van der Waals surface area contributed by atoms with Crippen LogP contribution in [0.5, 0.6) is 0 Å². The molecule has 0 aromatic heterocycles. The van der Waals surface area contributed by atoms with Crippen LogP contribution in [0.25, 0.3) is 0 Å². The Morgan fingerprint density at radius 1 is 1.18 bits per heavy atom. The first kappa shape index (κ1) is 11.2. The number of hydrogen-bond acceptors (Lipinski definition) is 2. The highest BCUT2D eigenvalue weighted by Gasteiger charge is 2.69. The van der Waals surface area contributed by atoms with Gasteiger partial charge in [-0.15, -0.1) is 0 Å². The second-order valence-corrected chi connectivity index (χ2v) is 6.69. The van der Waals surface area contributed by atoms with Gasteiger partial charge in [0.25, 0.3) is 0 Å². The predicted molar refractivity (Wildman–Crippen MR) is 65.4 cm³/mol. The van der Waals surface area contributed by atoms with E-state index in [1.165, 1.54) is 0 Å². The van der Waals surface area contributed by atoms with Crippen molar-refractivity contribution < 1.29 is 9.59 Å². The van der Waals surface area contributed by atoms with Crippen LogP contribution in [0, 0.1) is 22.7 Å². The van der Waals surface area contributed by atoms with E-state index in [4.69, 9.17) is 0 Å². The van der Waals surface area contributed by atoms with Crippen molar-refractivity contribution in [1.29, 1.82) is 0 Å². The van der Waals surface area contributed by atoms with Crippen molar-refractivity contribution in [2.24, 2.45) is 22.7 Å². The maximum absolute atomic E-state index is 12.6. The van der Waals surface area contributed by atoms with E-state index in [9.17, 15) is 9.59 Å². The van der Waals surface area contributed by atoms with Crippen molar-refractivity contribution in [2.75, 3.05) is 0 Å². The smallest absolute Gasteiger partial charge is 0.163 e. The molecule has 0 unspecified atom stereocenters. The molecule has 2 nitrogen and oxygen atoms in total. The summed E-state index contributed by atoms with van der Waals surface area (Å²) in [6.45, 7) is 8.48. The molecule has 3 rings (SSSR count). The molecule has 3 aliphatic carbocycles. The lowest BCUT2D eigenvalue weighted by Crippen LogP contribution is -2.45. The fraction of sp³-hybridized carbons (Fsp3) is 0.733. The fourth-order valence-electron chi connectivity index (χ4n) is 4.93. The van der Waals surface area contributed by atoms with Gasteiger partial charge in [-0.05, 0) is 36.7 Å². The molecular weight excluding hydrogens is 212 g/mol. The minimum absolute atomic E-state index is 0.0372. The van der Waals surface area contributed by atoms with Gasteiger partial charge in [0.15, 0.2) is 11.6 Å². The number of hydrogen-bond donors (Lipinski definition) is 0. The van der Waals surface area contributed by atoms with E-state index in [2.05, 4.69) is 20.8 Å². The summed E-state index contributed by atoms with van der Waals surface area (Å²) in [5, 5.41) is 0. The third-order valence-corrected chi connectivity index (χ3v) is 5.99. The molecule has 92 valence electrons. The zero-order valence-corrected chi connectivity index (χ0v) is 11.1. The third kappa shape index (κ3) is 0.951. The van der Waals surface area contributed by atoms with Gasteiger partial charge in [0.05, 0.1) is 0 Å². The van der Waals surface area contributed by atoms with Gasteiger partial charge in [-0.25, -0.2) is 0 Å². The van der Waals surface area contributed by atoms with Gasteiger partial charge in [-0.3, -0.25) is 9.59 Å². The van der Waals surface area contributed by atoms with Crippen LogP contribution >= 0.6 is 0 Å². The Kier molecular flexibility index (Phi) is 1.91. The molecule has 0 heterocycles. The van der Waals surface area contributed by atoms with Crippen LogP contribution in [0.3, 0.4) is 0 Å². The van der Waals surface area contributed by atoms with E-state index >= 15 is 0 Å². The molecule has 2 saturated carbocycles. The Bertz CT molecular complexity index is 469. The molecule has 2 heteroatoms. The summed E-state index contributed by atoms with van der Waals surface area (Å²) < 4.78 is 0. The van der Waals surface area contributed by atoms with Crippen molar-refractivity contribution in [3.8, 4) is 0 Å². The molecule has 1 spiro atoms. The lowest BCUT2D eigenvalue weighted by molar-refractivity contribution is -0.125. The number of carbonyl (C=O) groups is 2. The molecular formula is C15H20O2. The first-order valence-corrected chi connectivity index (χ1v) is 6.63. The molecule has 0 aliphatic heterocycles. The number of carbonyl (C=O) groups excluding carboxylic acids is 2. The standard InChI is InChI=1S/C15H20O2/c1-8-5-6-10-13(17)12-9(2)11(16)7-15(8,12)14(10,3)4/h8,10H,5-7H2,1-4H3/t8-,10-,15+/m1/s1. The topological polar surface area (TPSA) is 34.1 Å². The minimum Gasteiger partial charge on any atom is -0.295 e. The van der Waals surface area contributed by atoms with Gasteiger partial charge >= 0.3 is 0 Å². The first-order chi connectivity index (χ1) is 7.84. The molecule has 0 saturated heterocycles. The average Bonchev–Trinajstić information content (AvgIpc) is 2.53. The van der Waals surface area contributed by atoms with Crippen LogP contribution in [0.1, 0.15) is 47.0 Å². The molecule has 0 radical (unpaired) electrons. The van der Waals surface area contributed by atoms with E-state index in [1.807, 2.05) is 6.92 Å². The van der Waals surface area contributed by atoms with Crippen molar-refractivity contribution in [2.45, 2.75) is 47.0 Å². The summed E-state index contributed by atoms with van der Waals surface area (Å²) in [7, 11) is 0. The lowest BCUT2D eigenvalue weighted by atomic mass is 9.53. The maximum atomic E-state index is 12.6. The highest BCUT2D eigenvalue weighted by molar-refractivity contribution is 6.14. The summed E-state index contributed by atoms with van der Waals surface area (Å²) >= 11 is 0. The summed E-state index contributed by atoms with van der Waals surface area (Å²) in [5.41, 5.74) is 1.49. The summed E-state index contributed by atoms with van der Waals surface area (Å²) in [6.07, 6.45) is 2.66. The van der Waals surface area contributed by atoms with Gasteiger partial charge in [-0.1, -0.05) is 20.8 Å². The Labute approximate surface area is 102 Å². The zero-order valence-electron chi connectivity index (χ0n) is 11.1. The fourth-order valence-corrected chi connectivity index (χ4v) is 4.93. The van der Waals surface area contributed by atoms with Crippen LogP contribution in [-0.2, 0) is 9.59 Å². The zero-order chi connectivity index (χ0) is 12.6. The van der Waals surface area contributed by atoms with Crippen molar-refractivity contribution in [3.63, 3.8) is 0 Å². The quantitative estimate of drug-likeness (QED) is 0.643. The van der Waals surface area contributed by atoms with E-state index in [0.717, 1.165) is 24.0 Å². The monoisotopic (exact) mass is 232 g/mol. The molecule has 17 heavy (non-hydrogen) atoms. The van der Waals surface area contributed by atoms with Gasteiger partial charge in [0, 0.05) is 23.3 Å². The molecule has 0 amide bonds. The predicted octanol–water partition coefficient (Wildman–Crippen LogP) is 2.92. The summed E-state index contributed by atoms with van der Waals surface area (Å²) in [4.78, 5) is 24.6. The van der Waals surface area contributed by atoms with E-state index in [-0.39, 0.29) is 28.3 Å². The second kappa shape index (κ2) is 2.90. The minimum atomic E-state index is -0.145. The third-order valence-electron chi connectivity index (χ3n) is 5.99. The number of rotatable bonds is 0. The second-order valence-electron chi connectivity index (χ2n) is 6.69. The van der Waals surface area contributed by atoms with E-state index in [0.29, 0.717) is 12.3 Å². The van der Waals surface area contributed by atoms with E-state index in [1.54, 1.807) is 0 Å². The Balaban J connectivity index is 2.33. The molecule has 2 fully saturated rings. The molecule has 0 N–H and O–H groups in total. The summed E-state index contributed by atoms with van der Waals surface area (Å²) in [6, 6.07) is 0. The SMILES string of the molecule is CC1=C2C(=O)[C@H]3CC[C@@H](C)[C@]2(CC1=O)C3(C)C. The van der Waals surface area contributed by atoms with Crippen molar-refractivity contribution >= 4 is 11.6 Å². The van der Waals surface area contributed by atoms with Crippen molar-refractivity contribution in [3.05, 3.63) is 11.1 Å². The molecule has 0 aromatic rings. The Morgan fingerprint density at radius 2 is 1.82 bits per heavy atom. The van der Waals surface area contributed by atoms with Crippen LogP contribution in [0.2, 0.25) is 0 Å². The Morgan fingerprint density at radius 3 is 2.47 bits per heavy atom. The van der Waals surface area contributed by atoms with Gasteiger partial charge < -0.3 is 0 Å². The highest BCUT2D eigenvalue weighted by Crippen LogP contribution is 2.70. The van der Waals surface area contributed by atoms with Crippen molar-refractivity contribution in [1.82, 2.24) is 0 Å². The Hall–Kier alpha value is -0.920. The number of Topliss-reactive ketones (excluding diaryl/α,β-unsaturated/α-hetero) is 2. The van der Waals surface area contributed by atoms with Crippen LogP contribution < -0.4 is 0 Å². The lowest BCUT2D eigenvalue weighted by Gasteiger charge is -2.49. The normalized spacial score (nSPS) is 43.3. The molecule has 2 bridgehead atoms. The van der Waals surface area contributed by atoms with Gasteiger partial charge in [-0.2, -0.15) is 0 Å². The van der Waals surface area contributed by atoms with Crippen LogP contribution in [-0.4, -0.2) is 11.6 Å². The maximum Gasteiger partial charge on any atom is 0.163 e. The summed E-state index contributed by atoms with van der Waals surface area (Å²) in [5.74, 6) is 1.09. The average molecular weight is 232 g/mol. The molecule has 3 aliphatic rings. The van der Waals surface area contributed by atoms with E-state index < -0.39 is 0 Å². The number of allylic oxidation sites excluding steroid dienone is 2. The van der Waals surface area contributed by atoms with Crippen LogP contribution in [0.15, 0.2) is 11.1 Å². The van der Waals surface area contributed by atoms with Crippen LogP contribution in [0.4, 0.5) is 0 Å². The van der Waals surface area contributed by atoms with Gasteiger partial charge in [0.1, 0.15) is 0 Å². The first-order valence-electron chi connectivity index (χ1n) is 6.63. The largest absolute Gasteiger partial charge is 0.295 e. The molecule has 0 aromatic carbocycles. The molecule has 3 atom stereocenters. The van der Waals surface area contributed by atoms with Gasteiger partial charge in [0.2, 0.25) is 0 Å². The number of fused-ring (bicyclic) bond motifs is 1.